The normalized spacial score (nSPS) is 13.6. The van der Waals surface area contributed by atoms with E-state index in [1.165, 1.54) is 0 Å². The van der Waals surface area contributed by atoms with Gasteiger partial charge in [-0.05, 0) is 31.9 Å². The van der Waals surface area contributed by atoms with Gasteiger partial charge in [0.1, 0.15) is 0 Å². The van der Waals surface area contributed by atoms with E-state index in [4.69, 9.17) is 0 Å². The van der Waals surface area contributed by atoms with Crippen LogP contribution in [0.1, 0.15) is 27.9 Å². The van der Waals surface area contributed by atoms with Crippen LogP contribution in [0.5, 0.6) is 0 Å². The zero-order chi connectivity index (χ0) is 16.9. The average molecular weight is 419 g/mol. The summed E-state index contributed by atoms with van der Waals surface area (Å²) in [5.74, 6) is 1.17. The minimum atomic E-state index is 0. The Hall–Kier alpha value is -1.59. The third kappa shape index (κ3) is 4.95. The first-order chi connectivity index (χ1) is 11.6. The summed E-state index contributed by atoms with van der Waals surface area (Å²) in [6.07, 6.45) is 1.10. The number of nitrogens with zero attached hydrogens (tertiary/aromatic N) is 2. The van der Waals surface area contributed by atoms with Gasteiger partial charge in [0.2, 0.25) is 0 Å². The SMILES string of the molecule is Br.Cc1ccc(C(=O)CN(C2=NCCCS2)c2ccccc2C)cc1. The largest absolute Gasteiger partial charge is 0.313 e. The fourth-order valence-corrected chi connectivity index (χ4v) is 3.67. The number of para-hydroxylation sites is 1. The fourth-order valence-electron chi connectivity index (χ4n) is 2.71. The standard InChI is InChI=1S/C20H22N2OS.BrH/c1-15-8-10-17(11-9-15)19(23)14-22(20-21-12-5-13-24-20)18-7-4-3-6-16(18)2;/h3-4,6-11H,5,12-14H2,1-2H3;1H. The van der Waals surface area contributed by atoms with Crippen LogP contribution >= 0.6 is 28.7 Å². The number of ketones is 1. The van der Waals surface area contributed by atoms with Crippen LogP contribution in [0, 0.1) is 13.8 Å². The molecule has 0 fully saturated rings. The van der Waals surface area contributed by atoms with Crippen LogP contribution in [0.4, 0.5) is 5.69 Å². The number of halogens is 1. The summed E-state index contributed by atoms with van der Waals surface area (Å²) >= 11 is 1.74. The van der Waals surface area contributed by atoms with Gasteiger partial charge < -0.3 is 4.90 Å². The number of amidine groups is 1. The van der Waals surface area contributed by atoms with Crippen molar-refractivity contribution in [3.8, 4) is 0 Å². The van der Waals surface area contributed by atoms with Crippen molar-refractivity contribution in [2.45, 2.75) is 20.3 Å². The topological polar surface area (TPSA) is 32.7 Å². The van der Waals surface area contributed by atoms with Crippen LogP contribution in [0.15, 0.2) is 53.5 Å². The van der Waals surface area contributed by atoms with Crippen molar-refractivity contribution in [1.82, 2.24) is 0 Å². The Morgan fingerprint density at radius 3 is 2.48 bits per heavy atom. The van der Waals surface area contributed by atoms with Gasteiger partial charge in [-0.2, -0.15) is 0 Å². The smallest absolute Gasteiger partial charge is 0.182 e. The van der Waals surface area contributed by atoms with E-state index >= 15 is 0 Å². The Morgan fingerprint density at radius 2 is 1.84 bits per heavy atom. The van der Waals surface area contributed by atoms with Gasteiger partial charge in [-0.1, -0.05) is 59.8 Å². The molecule has 0 N–H and O–H groups in total. The van der Waals surface area contributed by atoms with Gasteiger partial charge in [-0.15, -0.1) is 17.0 Å². The molecule has 3 nitrogen and oxygen atoms in total. The van der Waals surface area contributed by atoms with E-state index in [1.807, 2.05) is 43.3 Å². The number of hydrogen-bond donors (Lipinski definition) is 0. The van der Waals surface area contributed by atoms with Gasteiger partial charge in [0.25, 0.3) is 0 Å². The van der Waals surface area contributed by atoms with Crippen LogP contribution < -0.4 is 4.90 Å². The molecule has 0 aromatic heterocycles. The Bertz CT molecular complexity index is 759. The Morgan fingerprint density at radius 1 is 1.12 bits per heavy atom. The van der Waals surface area contributed by atoms with Gasteiger partial charge in [0.15, 0.2) is 11.0 Å². The predicted molar refractivity (Wildman–Crippen MR) is 114 cm³/mol. The Kier molecular flexibility index (Phi) is 7.26. The summed E-state index contributed by atoms with van der Waals surface area (Å²) in [6.45, 7) is 5.26. The summed E-state index contributed by atoms with van der Waals surface area (Å²) in [5, 5.41) is 0.955. The van der Waals surface area contributed by atoms with E-state index in [0.29, 0.717) is 6.54 Å². The maximum Gasteiger partial charge on any atom is 0.182 e. The van der Waals surface area contributed by atoms with Crippen LogP contribution in [0.25, 0.3) is 0 Å². The summed E-state index contributed by atoms with van der Waals surface area (Å²) in [6, 6.07) is 16.0. The number of rotatable bonds is 4. The van der Waals surface area contributed by atoms with Crippen molar-refractivity contribution < 1.29 is 4.79 Å². The highest BCUT2D eigenvalue weighted by atomic mass is 79.9. The number of carbonyl (C=O) groups is 1. The quantitative estimate of drug-likeness (QED) is 0.650. The van der Waals surface area contributed by atoms with Gasteiger partial charge in [-0.3, -0.25) is 9.79 Å². The summed E-state index contributed by atoms with van der Waals surface area (Å²) in [7, 11) is 0. The lowest BCUT2D eigenvalue weighted by molar-refractivity contribution is 0.100. The van der Waals surface area contributed by atoms with Crippen LogP contribution in [0.3, 0.4) is 0 Å². The molecule has 1 heterocycles. The minimum Gasteiger partial charge on any atom is -0.313 e. The first-order valence-corrected chi connectivity index (χ1v) is 9.24. The van der Waals surface area contributed by atoms with Crippen LogP contribution in [-0.2, 0) is 0 Å². The fraction of sp³-hybridized carbons (Fsp3) is 0.300. The minimum absolute atomic E-state index is 0. The van der Waals surface area contributed by atoms with E-state index in [2.05, 4.69) is 28.9 Å². The molecule has 3 rings (SSSR count). The molecular formula is C20H23BrN2OS. The van der Waals surface area contributed by atoms with E-state index < -0.39 is 0 Å². The predicted octanol–water partition coefficient (Wildman–Crippen LogP) is 5.06. The molecule has 2 aromatic carbocycles. The lowest BCUT2D eigenvalue weighted by atomic mass is 10.1. The highest BCUT2D eigenvalue weighted by Crippen LogP contribution is 2.26. The highest BCUT2D eigenvalue weighted by Gasteiger charge is 2.21. The monoisotopic (exact) mass is 418 g/mol. The molecule has 0 radical (unpaired) electrons. The second-order valence-corrected chi connectivity index (χ2v) is 7.09. The van der Waals surface area contributed by atoms with Crippen molar-refractivity contribution in [2.75, 3.05) is 23.7 Å². The zero-order valence-electron chi connectivity index (χ0n) is 14.6. The number of carbonyl (C=O) groups excluding carboxylic acids is 1. The second kappa shape index (κ2) is 9.20. The molecule has 2 aromatic rings. The molecule has 1 aliphatic heterocycles. The number of benzene rings is 2. The van der Waals surface area contributed by atoms with Crippen molar-refractivity contribution in [3.05, 3.63) is 65.2 Å². The molecule has 25 heavy (non-hydrogen) atoms. The average Bonchev–Trinajstić information content (AvgIpc) is 2.61. The number of aryl methyl sites for hydroxylation is 2. The number of anilines is 1. The Balaban J connectivity index is 0.00000225. The molecule has 0 atom stereocenters. The van der Waals surface area contributed by atoms with Crippen molar-refractivity contribution in [3.63, 3.8) is 0 Å². The number of aliphatic imine (C=N–C) groups is 1. The Labute approximate surface area is 164 Å². The molecule has 0 spiro atoms. The molecule has 0 amide bonds. The van der Waals surface area contributed by atoms with E-state index in [-0.39, 0.29) is 22.8 Å². The maximum absolute atomic E-state index is 12.8. The lowest BCUT2D eigenvalue weighted by Gasteiger charge is -2.28. The maximum atomic E-state index is 12.8. The highest BCUT2D eigenvalue weighted by molar-refractivity contribution is 8.93. The van der Waals surface area contributed by atoms with Crippen molar-refractivity contribution >= 4 is 45.4 Å². The second-order valence-electron chi connectivity index (χ2n) is 6.03. The number of thioether (sulfide) groups is 1. The molecular weight excluding hydrogens is 396 g/mol. The van der Waals surface area contributed by atoms with Crippen LogP contribution in [0.2, 0.25) is 0 Å². The van der Waals surface area contributed by atoms with E-state index in [9.17, 15) is 4.79 Å². The molecule has 0 unspecified atom stereocenters. The van der Waals surface area contributed by atoms with E-state index in [1.54, 1.807) is 11.8 Å². The summed E-state index contributed by atoms with van der Waals surface area (Å²) < 4.78 is 0. The van der Waals surface area contributed by atoms with Gasteiger partial charge in [0, 0.05) is 23.5 Å². The lowest BCUT2D eigenvalue weighted by Crippen LogP contribution is -2.36. The molecule has 0 aliphatic carbocycles. The van der Waals surface area contributed by atoms with Crippen molar-refractivity contribution in [2.24, 2.45) is 4.99 Å². The first-order valence-electron chi connectivity index (χ1n) is 8.25. The molecule has 132 valence electrons. The third-order valence-electron chi connectivity index (χ3n) is 4.09. The number of Topliss-reactive ketones (excluding diaryl/α,β-unsaturated/α-hetero) is 1. The molecule has 1 aliphatic rings. The molecule has 0 bridgehead atoms. The zero-order valence-corrected chi connectivity index (χ0v) is 17.1. The van der Waals surface area contributed by atoms with E-state index in [0.717, 1.165) is 46.3 Å². The first kappa shape index (κ1) is 19.7. The number of hydrogen-bond acceptors (Lipinski definition) is 4. The third-order valence-corrected chi connectivity index (χ3v) is 5.19. The van der Waals surface area contributed by atoms with Crippen LogP contribution in [-0.4, -0.2) is 29.8 Å². The van der Waals surface area contributed by atoms with Gasteiger partial charge in [-0.25, -0.2) is 0 Å². The molecule has 0 saturated heterocycles. The summed E-state index contributed by atoms with van der Waals surface area (Å²) in [5.41, 5.74) is 4.13. The molecule has 0 saturated carbocycles. The van der Waals surface area contributed by atoms with Gasteiger partial charge >= 0.3 is 0 Å². The van der Waals surface area contributed by atoms with Crippen molar-refractivity contribution in [1.29, 1.82) is 0 Å². The summed E-state index contributed by atoms with van der Waals surface area (Å²) in [4.78, 5) is 19.5. The molecule has 5 heteroatoms. The van der Waals surface area contributed by atoms with Gasteiger partial charge in [0.05, 0.1) is 6.54 Å².